The highest BCUT2D eigenvalue weighted by molar-refractivity contribution is 7.93. The molecule has 3 aromatic heterocycles. The minimum absolute atomic E-state index is 0.0814. The molecular weight excluding hydrogens is 546 g/mol. The van der Waals surface area contributed by atoms with Crippen molar-refractivity contribution in [2.75, 3.05) is 18.9 Å². The van der Waals surface area contributed by atoms with Crippen LogP contribution in [-0.4, -0.2) is 57.6 Å². The number of rotatable bonds is 9. The minimum Gasteiger partial charge on any atom is -0.494 e. The monoisotopic (exact) mass is 567 g/mol. The van der Waals surface area contributed by atoms with E-state index in [4.69, 9.17) is 9.47 Å². The second-order valence-corrected chi connectivity index (χ2v) is 10.2. The molecule has 0 aliphatic carbocycles. The summed E-state index contributed by atoms with van der Waals surface area (Å²) in [6.45, 7) is 1.37. The van der Waals surface area contributed by atoms with Crippen molar-refractivity contribution in [2.45, 2.75) is 24.8 Å². The fourth-order valence-corrected chi connectivity index (χ4v) is 4.51. The molecule has 1 unspecified atom stereocenters. The molecule has 0 saturated carbocycles. The summed E-state index contributed by atoms with van der Waals surface area (Å²) in [6, 6.07) is 5.49. The number of anilines is 1. The Morgan fingerprint density at radius 1 is 1.03 bits per heavy atom. The number of aromatic nitrogens is 6. The summed E-state index contributed by atoms with van der Waals surface area (Å²) in [5, 5.41) is 6.76. The van der Waals surface area contributed by atoms with E-state index in [-0.39, 0.29) is 46.8 Å². The number of para-hydroxylation sites is 1. The standard InChI is InChI=1S/C23H21F4N7O4S/c1-13(7-19-29-11-16(24)12-30-19)39(35,36)33-22-32-31-21(14-8-15(10-28-9-14)23(25,26)27)34(22)20-17(37-2)5-4-6-18(20)38-3/h4-6,8-13H,7H2,1-3H3,(H,32,33). The van der Waals surface area contributed by atoms with Gasteiger partial charge in [-0.3, -0.25) is 14.3 Å². The molecule has 1 N–H and O–H groups in total. The second-order valence-electron chi connectivity index (χ2n) is 8.13. The number of hydrogen-bond acceptors (Lipinski definition) is 9. The van der Waals surface area contributed by atoms with Crippen molar-refractivity contribution >= 4 is 16.0 Å². The van der Waals surface area contributed by atoms with Crippen molar-refractivity contribution in [1.29, 1.82) is 0 Å². The molecule has 3 heterocycles. The molecule has 0 bridgehead atoms. The Labute approximate surface area is 219 Å². The van der Waals surface area contributed by atoms with Crippen LogP contribution in [-0.2, 0) is 22.6 Å². The Hall–Kier alpha value is -4.34. The number of alkyl halides is 3. The van der Waals surface area contributed by atoms with Gasteiger partial charge >= 0.3 is 6.18 Å². The van der Waals surface area contributed by atoms with Crippen molar-refractivity contribution in [1.82, 2.24) is 29.7 Å². The number of halogens is 4. The van der Waals surface area contributed by atoms with E-state index in [1.54, 1.807) is 18.2 Å². The van der Waals surface area contributed by atoms with Crippen LogP contribution in [0.2, 0.25) is 0 Å². The van der Waals surface area contributed by atoms with Gasteiger partial charge in [-0.2, -0.15) is 13.2 Å². The first-order valence-corrected chi connectivity index (χ1v) is 12.7. The molecular formula is C23H21F4N7O4S. The fraction of sp³-hybridized carbons (Fsp3) is 0.261. The average molecular weight is 568 g/mol. The van der Waals surface area contributed by atoms with Gasteiger partial charge in [-0.25, -0.2) is 22.8 Å². The number of methoxy groups -OCH3 is 2. The molecule has 0 radical (unpaired) electrons. The maximum absolute atomic E-state index is 13.4. The third-order valence-corrected chi connectivity index (χ3v) is 7.21. The summed E-state index contributed by atoms with van der Waals surface area (Å²) in [5.41, 5.74) is -1.03. The SMILES string of the molecule is COc1cccc(OC)c1-n1c(NS(=O)(=O)C(C)Cc2ncc(F)cn2)nnc1-c1cncc(C(F)(F)F)c1. The Kier molecular flexibility index (Phi) is 7.67. The number of pyridine rings is 1. The topological polar surface area (TPSA) is 134 Å². The summed E-state index contributed by atoms with van der Waals surface area (Å²) in [4.78, 5) is 11.2. The van der Waals surface area contributed by atoms with Gasteiger partial charge in [0.2, 0.25) is 16.0 Å². The van der Waals surface area contributed by atoms with Gasteiger partial charge in [0.25, 0.3) is 0 Å². The van der Waals surface area contributed by atoms with Crippen LogP contribution in [0.1, 0.15) is 18.3 Å². The van der Waals surface area contributed by atoms with Crippen LogP contribution in [0.4, 0.5) is 23.5 Å². The van der Waals surface area contributed by atoms with Crippen LogP contribution in [0.3, 0.4) is 0 Å². The number of nitrogens with zero attached hydrogens (tertiary/aromatic N) is 6. The third-order valence-electron chi connectivity index (χ3n) is 5.52. The molecule has 1 atom stereocenters. The van der Waals surface area contributed by atoms with E-state index in [1.807, 2.05) is 0 Å². The van der Waals surface area contributed by atoms with Crippen LogP contribution in [0.5, 0.6) is 11.5 Å². The molecule has 4 aromatic rings. The number of ether oxygens (including phenoxy) is 2. The molecule has 39 heavy (non-hydrogen) atoms. The number of hydrogen-bond donors (Lipinski definition) is 1. The van der Waals surface area contributed by atoms with E-state index in [9.17, 15) is 26.0 Å². The Morgan fingerprint density at radius 2 is 1.67 bits per heavy atom. The summed E-state index contributed by atoms with van der Waals surface area (Å²) in [5.74, 6) is -0.770. The van der Waals surface area contributed by atoms with E-state index in [0.29, 0.717) is 6.20 Å². The molecule has 206 valence electrons. The Morgan fingerprint density at radius 3 is 2.26 bits per heavy atom. The summed E-state index contributed by atoms with van der Waals surface area (Å²) in [7, 11) is -1.52. The number of sulfonamides is 1. The summed E-state index contributed by atoms with van der Waals surface area (Å²) in [6.07, 6.45) is -1.27. The molecule has 16 heteroatoms. The zero-order valence-electron chi connectivity index (χ0n) is 20.6. The molecule has 0 amide bonds. The Balaban J connectivity index is 1.84. The zero-order chi connectivity index (χ0) is 28.4. The van der Waals surface area contributed by atoms with Gasteiger partial charge in [-0.1, -0.05) is 6.07 Å². The zero-order valence-corrected chi connectivity index (χ0v) is 21.5. The number of nitrogens with one attached hydrogen (secondary N) is 1. The maximum atomic E-state index is 13.4. The lowest BCUT2D eigenvalue weighted by molar-refractivity contribution is -0.137. The average Bonchev–Trinajstić information content (AvgIpc) is 3.31. The first kappa shape index (κ1) is 27.7. The normalized spacial score (nSPS) is 12.7. The third kappa shape index (κ3) is 5.89. The van der Waals surface area contributed by atoms with E-state index in [0.717, 1.165) is 29.2 Å². The van der Waals surface area contributed by atoms with Gasteiger partial charge in [0.1, 0.15) is 23.0 Å². The largest absolute Gasteiger partial charge is 0.494 e. The molecule has 4 rings (SSSR count). The highest BCUT2D eigenvalue weighted by atomic mass is 32.2. The van der Waals surface area contributed by atoms with Gasteiger partial charge < -0.3 is 9.47 Å². The fourth-order valence-electron chi connectivity index (χ4n) is 3.56. The van der Waals surface area contributed by atoms with E-state index in [2.05, 4.69) is 29.9 Å². The van der Waals surface area contributed by atoms with Crippen LogP contribution in [0, 0.1) is 5.82 Å². The lowest BCUT2D eigenvalue weighted by atomic mass is 10.2. The van der Waals surface area contributed by atoms with Crippen LogP contribution in [0.15, 0.2) is 49.1 Å². The predicted molar refractivity (Wildman–Crippen MR) is 130 cm³/mol. The molecule has 11 nitrogen and oxygen atoms in total. The Bertz CT molecular complexity index is 1560. The predicted octanol–water partition coefficient (Wildman–Crippen LogP) is 3.67. The smallest absolute Gasteiger partial charge is 0.417 e. The maximum Gasteiger partial charge on any atom is 0.417 e. The highest BCUT2D eigenvalue weighted by Crippen LogP contribution is 2.38. The van der Waals surface area contributed by atoms with Gasteiger partial charge in [-0.05, 0) is 25.1 Å². The first-order chi connectivity index (χ1) is 18.4. The minimum atomic E-state index is -4.70. The summed E-state index contributed by atoms with van der Waals surface area (Å²) >= 11 is 0. The van der Waals surface area contributed by atoms with Crippen molar-refractivity contribution in [2.24, 2.45) is 0 Å². The number of benzene rings is 1. The quantitative estimate of drug-likeness (QED) is 0.301. The molecule has 0 aliphatic rings. The highest BCUT2D eigenvalue weighted by Gasteiger charge is 2.33. The van der Waals surface area contributed by atoms with E-state index >= 15 is 0 Å². The van der Waals surface area contributed by atoms with E-state index in [1.165, 1.54) is 21.1 Å². The molecule has 0 spiro atoms. The van der Waals surface area contributed by atoms with Crippen molar-refractivity contribution in [3.05, 3.63) is 66.3 Å². The summed E-state index contributed by atoms with van der Waals surface area (Å²) < 4.78 is 94.2. The van der Waals surface area contributed by atoms with Crippen LogP contribution >= 0.6 is 0 Å². The second kappa shape index (κ2) is 10.8. The van der Waals surface area contributed by atoms with Gasteiger partial charge in [0, 0.05) is 24.4 Å². The van der Waals surface area contributed by atoms with Crippen LogP contribution < -0.4 is 14.2 Å². The van der Waals surface area contributed by atoms with Gasteiger partial charge in [0.05, 0.1) is 37.4 Å². The molecule has 0 fully saturated rings. The lowest BCUT2D eigenvalue weighted by Gasteiger charge is -2.19. The van der Waals surface area contributed by atoms with Crippen molar-refractivity contribution in [3.8, 4) is 28.6 Å². The molecule has 1 aromatic carbocycles. The first-order valence-electron chi connectivity index (χ1n) is 11.1. The van der Waals surface area contributed by atoms with Crippen molar-refractivity contribution in [3.63, 3.8) is 0 Å². The van der Waals surface area contributed by atoms with Crippen LogP contribution in [0.25, 0.3) is 17.1 Å². The van der Waals surface area contributed by atoms with Crippen molar-refractivity contribution < 1.29 is 35.5 Å². The van der Waals surface area contributed by atoms with Gasteiger partial charge in [0.15, 0.2) is 11.6 Å². The molecule has 0 saturated heterocycles. The van der Waals surface area contributed by atoms with E-state index < -0.39 is 32.8 Å². The van der Waals surface area contributed by atoms with Gasteiger partial charge in [-0.15, -0.1) is 10.2 Å². The lowest BCUT2D eigenvalue weighted by Crippen LogP contribution is -2.29. The molecule has 0 aliphatic heterocycles.